The maximum atomic E-state index is 14.5. The fourth-order valence-corrected chi connectivity index (χ4v) is 4.21. The van der Waals surface area contributed by atoms with E-state index in [0.29, 0.717) is 30.6 Å². The van der Waals surface area contributed by atoms with Crippen molar-refractivity contribution in [1.29, 1.82) is 0 Å². The zero-order valence-corrected chi connectivity index (χ0v) is 19.9. The smallest absolute Gasteiger partial charge is 0.256 e. The van der Waals surface area contributed by atoms with Gasteiger partial charge in [0.25, 0.3) is 5.91 Å². The minimum atomic E-state index is -0.424. The fraction of sp³-hybridized carbons (Fsp3) is 0.250. The summed E-state index contributed by atoms with van der Waals surface area (Å²) in [7, 11) is 0. The highest BCUT2D eigenvalue weighted by Gasteiger charge is 2.20. The second kappa shape index (κ2) is 9.40. The molecule has 33 heavy (non-hydrogen) atoms. The van der Waals surface area contributed by atoms with Gasteiger partial charge in [-0.1, -0.05) is 80.9 Å². The predicted octanol–water partition coefficient (Wildman–Crippen LogP) is 7.14. The van der Waals surface area contributed by atoms with Gasteiger partial charge < -0.3 is 9.88 Å². The van der Waals surface area contributed by atoms with Crippen molar-refractivity contribution >= 4 is 28.4 Å². The number of nitrogens with one attached hydrogen (secondary N) is 1. The van der Waals surface area contributed by atoms with Gasteiger partial charge in [0.2, 0.25) is 0 Å². The number of H-pyrrole nitrogens is 1. The molecule has 0 saturated heterocycles. The molecule has 5 heteroatoms. The number of rotatable bonds is 6. The Morgan fingerprint density at radius 3 is 2.45 bits per heavy atom. The highest BCUT2D eigenvalue weighted by Crippen LogP contribution is 2.24. The molecule has 3 nitrogen and oxygen atoms in total. The molecule has 0 aliphatic heterocycles. The van der Waals surface area contributed by atoms with Crippen LogP contribution in [0.1, 0.15) is 47.8 Å². The lowest BCUT2D eigenvalue weighted by molar-refractivity contribution is 0.0746. The van der Waals surface area contributed by atoms with Crippen molar-refractivity contribution in [1.82, 2.24) is 9.88 Å². The second-order valence-corrected chi connectivity index (χ2v) is 9.79. The number of halogens is 2. The lowest BCUT2D eigenvalue weighted by Crippen LogP contribution is -2.33. The monoisotopic (exact) mass is 462 g/mol. The number of benzene rings is 3. The van der Waals surface area contributed by atoms with Crippen molar-refractivity contribution in [3.63, 3.8) is 0 Å². The first kappa shape index (κ1) is 23.1. The Kier molecular flexibility index (Phi) is 6.57. The second-order valence-electron chi connectivity index (χ2n) is 9.38. The third-order valence-electron chi connectivity index (χ3n) is 5.98. The Labute approximate surface area is 199 Å². The van der Waals surface area contributed by atoms with E-state index in [2.05, 4.69) is 50.0 Å². The molecular weight excluding hydrogens is 435 g/mol. The van der Waals surface area contributed by atoms with Gasteiger partial charge >= 0.3 is 0 Å². The number of carbonyl (C=O) groups is 1. The number of aromatic amines is 1. The minimum Gasteiger partial charge on any atom is -0.361 e. The third kappa shape index (κ3) is 5.12. The van der Waals surface area contributed by atoms with E-state index in [1.807, 2.05) is 30.5 Å². The van der Waals surface area contributed by atoms with Crippen LogP contribution in [0, 0.1) is 5.82 Å². The molecule has 0 saturated carbocycles. The number of nitrogens with zero attached hydrogens (tertiary/aromatic N) is 1. The predicted molar refractivity (Wildman–Crippen MR) is 133 cm³/mol. The SMILES string of the molecule is CC(C)(C)c1ccc(CN(CCc2cccc(Cl)c2F)C(=O)c2cccc3cc[nH]c23)cc1. The molecule has 1 amide bonds. The van der Waals surface area contributed by atoms with Gasteiger partial charge in [0.05, 0.1) is 16.1 Å². The van der Waals surface area contributed by atoms with Crippen molar-refractivity contribution in [2.45, 2.75) is 39.2 Å². The van der Waals surface area contributed by atoms with Crippen LogP contribution in [0.4, 0.5) is 4.39 Å². The Bertz CT molecular complexity index is 1270. The molecule has 1 heterocycles. The van der Waals surface area contributed by atoms with Crippen LogP contribution in [0.15, 0.2) is 72.9 Å². The first-order valence-corrected chi connectivity index (χ1v) is 11.5. The summed E-state index contributed by atoms with van der Waals surface area (Å²) in [4.78, 5) is 18.6. The molecule has 0 atom stereocenters. The first-order chi connectivity index (χ1) is 15.7. The van der Waals surface area contributed by atoms with Crippen LogP contribution in [0.2, 0.25) is 5.02 Å². The largest absolute Gasteiger partial charge is 0.361 e. The van der Waals surface area contributed by atoms with Gasteiger partial charge in [0.15, 0.2) is 0 Å². The standard InChI is InChI=1S/C28H28ClFN2O/c1-28(2,3)22-12-10-19(11-13-22)18-32(17-15-20-6-5-9-24(29)25(20)30)27(33)23-8-4-7-21-14-16-31-26(21)23/h4-14,16,31H,15,17-18H2,1-3H3. The lowest BCUT2D eigenvalue weighted by Gasteiger charge is -2.25. The molecule has 0 radical (unpaired) electrons. The summed E-state index contributed by atoms with van der Waals surface area (Å²) < 4.78 is 14.5. The summed E-state index contributed by atoms with van der Waals surface area (Å²) in [6, 6.07) is 21.0. The third-order valence-corrected chi connectivity index (χ3v) is 6.27. The number of hydrogen-bond donors (Lipinski definition) is 1. The Morgan fingerprint density at radius 2 is 1.73 bits per heavy atom. The summed E-state index contributed by atoms with van der Waals surface area (Å²) in [6.45, 7) is 7.33. The topological polar surface area (TPSA) is 36.1 Å². The van der Waals surface area contributed by atoms with Gasteiger partial charge in [0, 0.05) is 24.7 Å². The van der Waals surface area contributed by atoms with E-state index < -0.39 is 5.82 Å². The molecule has 3 aromatic carbocycles. The van der Waals surface area contributed by atoms with Crippen molar-refractivity contribution in [3.8, 4) is 0 Å². The van der Waals surface area contributed by atoms with Gasteiger partial charge in [0.1, 0.15) is 5.82 Å². The molecule has 1 aromatic heterocycles. The van der Waals surface area contributed by atoms with Gasteiger partial charge in [-0.25, -0.2) is 4.39 Å². The maximum absolute atomic E-state index is 14.5. The number of para-hydroxylation sites is 1. The van der Waals surface area contributed by atoms with Gasteiger partial charge in [-0.15, -0.1) is 0 Å². The fourth-order valence-electron chi connectivity index (χ4n) is 4.01. The van der Waals surface area contributed by atoms with E-state index in [1.54, 1.807) is 17.0 Å². The lowest BCUT2D eigenvalue weighted by atomic mass is 9.87. The average molecular weight is 463 g/mol. The first-order valence-electron chi connectivity index (χ1n) is 11.1. The summed E-state index contributed by atoms with van der Waals surface area (Å²) in [5, 5.41) is 1.08. The van der Waals surface area contributed by atoms with Gasteiger partial charge in [-0.3, -0.25) is 4.79 Å². The molecule has 4 rings (SSSR count). The normalized spacial score (nSPS) is 11.7. The summed E-state index contributed by atoms with van der Waals surface area (Å²) >= 11 is 5.96. The highest BCUT2D eigenvalue weighted by molar-refractivity contribution is 6.30. The molecule has 170 valence electrons. The number of aromatic nitrogens is 1. The number of hydrogen-bond acceptors (Lipinski definition) is 1. The number of fused-ring (bicyclic) bond motifs is 1. The summed E-state index contributed by atoms with van der Waals surface area (Å²) in [6.07, 6.45) is 2.21. The Balaban J connectivity index is 1.63. The van der Waals surface area contributed by atoms with Crippen molar-refractivity contribution in [3.05, 3.63) is 106 Å². The van der Waals surface area contributed by atoms with Gasteiger partial charge in [-0.2, -0.15) is 0 Å². The quantitative estimate of drug-likeness (QED) is 0.324. The minimum absolute atomic E-state index is 0.0569. The van der Waals surface area contributed by atoms with E-state index in [1.165, 1.54) is 11.6 Å². The van der Waals surface area contributed by atoms with E-state index in [-0.39, 0.29) is 16.3 Å². The van der Waals surface area contributed by atoms with E-state index in [4.69, 9.17) is 11.6 Å². The zero-order chi connectivity index (χ0) is 23.6. The molecule has 4 aromatic rings. The Morgan fingerprint density at radius 1 is 1.00 bits per heavy atom. The molecule has 0 unspecified atom stereocenters. The molecular formula is C28H28ClFN2O. The Hall–Kier alpha value is -3.11. The molecule has 0 aliphatic carbocycles. The van der Waals surface area contributed by atoms with Gasteiger partial charge in [-0.05, 0) is 46.7 Å². The molecule has 0 fully saturated rings. The van der Waals surface area contributed by atoms with E-state index in [9.17, 15) is 9.18 Å². The van der Waals surface area contributed by atoms with Crippen molar-refractivity contribution in [2.75, 3.05) is 6.54 Å². The van der Waals surface area contributed by atoms with E-state index in [0.717, 1.165) is 16.5 Å². The number of amides is 1. The van der Waals surface area contributed by atoms with Crippen LogP contribution in [0.5, 0.6) is 0 Å². The van der Waals surface area contributed by atoms with Crippen LogP contribution in [-0.2, 0) is 18.4 Å². The van der Waals surface area contributed by atoms with Crippen LogP contribution >= 0.6 is 11.6 Å². The van der Waals surface area contributed by atoms with Crippen LogP contribution in [-0.4, -0.2) is 22.3 Å². The summed E-state index contributed by atoms with van der Waals surface area (Å²) in [5.74, 6) is -0.516. The van der Waals surface area contributed by atoms with Crippen LogP contribution in [0.25, 0.3) is 10.9 Å². The van der Waals surface area contributed by atoms with Crippen molar-refractivity contribution < 1.29 is 9.18 Å². The van der Waals surface area contributed by atoms with Crippen molar-refractivity contribution in [2.24, 2.45) is 0 Å². The molecule has 0 aliphatic rings. The molecule has 0 spiro atoms. The molecule has 0 bridgehead atoms. The molecule has 1 N–H and O–H groups in total. The van der Waals surface area contributed by atoms with Crippen LogP contribution in [0.3, 0.4) is 0 Å². The summed E-state index contributed by atoms with van der Waals surface area (Å²) in [5.41, 5.74) is 4.24. The van der Waals surface area contributed by atoms with Crippen LogP contribution < -0.4 is 0 Å². The highest BCUT2D eigenvalue weighted by atomic mass is 35.5. The van der Waals surface area contributed by atoms with E-state index >= 15 is 0 Å². The average Bonchev–Trinajstić information content (AvgIpc) is 3.27. The number of carbonyl (C=O) groups excluding carboxylic acids is 1. The zero-order valence-electron chi connectivity index (χ0n) is 19.2. The maximum Gasteiger partial charge on any atom is 0.256 e.